The highest BCUT2D eigenvalue weighted by molar-refractivity contribution is 5.16. The fourth-order valence-electron chi connectivity index (χ4n) is 5.19. The molecule has 0 heterocycles. The number of rotatable bonds is 24. The smallest absolute Gasteiger partial charge is 0.0654 e. The molecule has 2 aromatic rings. The molecule has 0 saturated heterocycles. The van der Waals surface area contributed by atoms with Gasteiger partial charge in [0.05, 0.1) is 0 Å². The average Bonchev–Trinajstić information content (AvgIpc) is 2.92. The summed E-state index contributed by atoms with van der Waals surface area (Å²) >= 11 is -0.0573. The second-order valence-electron chi connectivity index (χ2n) is 11.2. The van der Waals surface area contributed by atoms with E-state index in [2.05, 4.69) is 62.4 Å². The Morgan fingerprint density at radius 2 is 0.622 bits per heavy atom. The molecule has 0 bridgehead atoms. The van der Waals surface area contributed by atoms with Crippen molar-refractivity contribution >= 4 is 0 Å². The zero-order chi connectivity index (χ0) is 26.2. The summed E-state index contributed by atoms with van der Waals surface area (Å²) in [5.74, 6) is 0. The van der Waals surface area contributed by atoms with Crippen molar-refractivity contribution in [1.82, 2.24) is 0 Å². The molecule has 0 aliphatic heterocycles. The lowest BCUT2D eigenvalue weighted by atomic mass is 10.0. The second-order valence-corrected chi connectivity index (χ2v) is 14.2. The van der Waals surface area contributed by atoms with E-state index in [9.17, 15) is 0 Å². The van der Waals surface area contributed by atoms with Crippen molar-refractivity contribution in [2.24, 2.45) is 0 Å². The largest absolute Gasteiger partial charge is 0.357 e. The van der Waals surface area contributed by atoms with Gasteiger partial charge in [0.1, 0.15) is 0 Å². The lowest BCUT2D eigenvalue weighted by Crippen LogP contribution is -3.61. The Morgan fingerprint density at radius 1 is 0.351 bits per heavy atom. The SMILES string of the molecule is CCCCCCCCCCCCCc1ccc([I+]c2ccc(CCCCCCCCCCC)cc2)cc1. The monoisotopic (exact) mass is 617 g/mol. The highest BCUT2D eigenvalue weighted by Crippen LogP contribution is 2.14. The first-order chi connectivity index (χ1) is 18.3. The lowest BCUT2D eigenvalue weighted by molar-refractivity contribution is -0.597. The molecule has 0 nitrogen and oxygen atoms in total. The van der Waals surface area contributed by atoms with Crippen LogP contribution < -0.4 is 21.2 Å². The van der Waals surface area contributed by atoms with Gasteiger partial charge in [-0.15, -0.1) is 0 Å². The molecule has 1 heteroatoms. The molecular weight excluding hydrogens is 559 g/mol. The zero-order valence-corrected chi connectivity index (χ0v) is 26.7. The van der Waals surface area contributed by atoms with Gasteiger partial charge in [-0.05, 0) is 61.1 Å². The van der Waals surface area contributed by atoms with E-state index in [-0.39, 0.29) is 21.2 Å². The van der Waals surface area contributed by atoms with Crippen molar-refractivity contribution in [3.8, 4) is 0 Å². The van der Waals surface area contributed by atoms with Crippen molar-refractivity contribution in [1.29, 1.82) is 0 Å². The van der Waals surface area contributed by atoms with Gasteiger partial charge in [0.15, 0.2) is 7.14 Å². The normalized spacial score (nSPS) is 11.3. The molecule has 2 aromatic carbocycles. The van der Waals surface area contributed by atoms with Crippen molar-refractivity contribution in [2.45, 2.75) is 155 Å². The quantitative estimate of drug-likeness (QED) is 0.0817. The van der Waals surface area contributed by atoms with Crippen molar-refractivity contribution in [3.63, 3.8) is 0 Å². The summed E-state index contributed by atoms with van der Waals surface area (Å²) in [4.78, 5) is 0. The Bertz CT molecular complexity index is 745. The van der Waals surface area contributed by atoms with E-state index in [1.807, 2.05) is 0 Å². The zero-order valence-electron chi connectivity index (χ0n) is 24.6. The second kappa shape index (κ2) is 23.1. The van der Waals surface area contributed by atoms with Gasteiger partial charge in [0.25, 0.3) is 0 Å². The van der Waals surface area contributed by atoms with Gasteiger partial charge in [0.2, 0.25) is 0 Å². The number of unbranched alkanes of at least 4 members (excludes halogenated alkanes) is 18. The molecule has 2 rings (SSSR count). The Labute approximate surface area is 242 Å². The van der Waals surface area contributed by atoms with Crippen LogP contribution in [0.1, 0.15) is 153 Å². The van der Waals surface area contributed by atoms with Crippen LogP contribution in [-0.2, 0) is 12.8 Å². The first kappa shape index (κ1) is 32.4. The van der Waals surface area contributed by atoms with E-state index in [1.165, 1.54) is 152 Å². The number of hydrogen-bond donors (Lipinski definition) is 0. The van der Waals surface area contributed by atoms with Crippen LogP contribution in [0, 0.1) is 7.14 Å². The van der Waals surface area contributed by atoms with Crippen LogP contribution in [-0.4, -0.2) is 0 Å². The first-order valence-corrected chi connectivity index (χ1v) is 18.3. The summed E-state index contributed by atoms with van der Waals surface area (Å²) in [5.41, 5.74) is 3.05. The molecule has 0 aromatic heterocycles. The summed E-state index contributed by atoms with van der Waals surface area (Å²) in [6, 6.07) is 19.2. The topological polar surface area (TPSA) is 0 Å². The predicted octanol–water partition coefficient (Wildman–Crippen LogP) is 8.74. The maximum atomic E-state index is 2.40. The summed E-state index contributed by atoms with van der Waals surface area (Å²) < 4.78 is 3.10. The molecule has 0 spiro atoms. The standard InChI is InChI=1S/C36H58I/c1-3-5-7-9-11-13-14-16-18-20-22-24-34-27-31-36(32-28-34)37-35-29-25-33(26-30-35)23-21-19-17-15-12-10-8-6-4-2/h25-32H,3-24H2,1-2H3/q+1. The summed E-state index contributed by atoms with van der Waals surface area (Å²) in [6.07, 6.45) is 30.9. The van der Waals surface area contributed by atoms with Gasteiger partial charge in [-0.2, -0.15) is 0 Å². The maximum absolute atomic E-state index is 2.40. The molecule has 0 aliphatic rings. The Kier molecular flexibility index (Phi) is 20.2. The highest BCUT2D eigenvalue weighted by Gasteiger charge is 2.15. The van der Waals surface area contributed by atoms with Crippen molar-refractivity contribution in [2.75, 3.05) is 0 Å². The molecule has 0 N–H and O–H groups in total. The fraction of sp³-hybridized carbons (Fsp3) is 0.667. The van der Waals surface area contributed by atoms with Crippen molar-refractivity contribution < 1.29 is 21.2 Å². The number of halogens is 1. The Hall–Kier alpha value is -0.830. The van der Waals surface area contributed by atoms with E-state index in [0.717, 1.165) is 0 Å². The third-order valence-electron chi connectivity index (χ3n) is 7.68. The van der Waals surface area contributed by atoms with Crippen LogP contribution in [0.5, 0.6) is 0 Å². The fourth-order valence-corrected chi connectivity index (χ4v) is 7.34. The number of benzene rings is 2. The van der Waals surface area contributed by atoms with Crippen LogP contribution >= 0.6 is 0 Å². The van der Waals surface area contributed by atoms with E-state index < -0.39 is 0 Å². The van der Waals surface area contributed by atoms with Crippen LogP contribution in [0.25, 0.3) is 0 Å². The van der Waals surface area contributed by atoms with Gasteiger partial charge >= 0.3 is 21.2 Å². The molecule has 37 heavy (non-hydrogen) atoms. The van der Waals surface area contributed by atoms with Gasteiger partial charge < -0.3 is 0 Å². The Balaban J connectivity index is 1.51. The minimum absolute atomic E-state index is 0.0573. The molecule has 0 amide bonds. The molecule has 0 aliphatic carbocycles. The molecule has 208 valence electrons. The summed E-state index contributed by atoms with van der Waals surface area (Å²) in [7, 11) is 0. The first-order valence-electron chi connectivity index (χ1n) is 16.1. The van der Waals surface area contributed by atoms with Crippen molar-refractivity contribution in [3.05, 3.63) is 66.8 Å². The molecule has 0 saturated carbocycles. The Morgan fingerprint density at radius 3 is 0.919 bits per heavy atom. The van der Waals surface area contributed by atoms with Gasteiger partial charge in [0, 0.05) is 0 Å². The minimum Gasteiger partial charge on any atom is -0.0654 e. The van der Waals surface area contributed by atoms with E-state index in [0.29, 0.717) is 0 Å². The number of hydrogen-bond acceptors (Lipinski definition) is 0. The third-order valence-corrected chi connectivity index (χ3v) is 10.4. The molecule has 0 unspecified atom stereocenters. The van der Waals surface area contributed by atoms with Crippen LogP contribution in [0.3, 0.4) is 0 Å². The van der Waals surface area contributed by atoms with Gasteiger partial charge in [-0.25, -0.2) is 0 Å². The van der Waals surface area contributed by atoms with E-state index >= 15 is 0 Å². The highest BCUT2D eigenvalue weighted by atomic mass is 127. The number of aryl methyl sites for hydroxylation is 2. The average molecular weight is 618 g/mol. The van der Waals surface area contributed by atoms with E-state index in [1.54, 1.807) is 7.14 Å². The van der Waals surface area contributed by atoms with E-state index in [4.69, 9.17) is 0 Å². The molecule has 0 fully saturated rings. The van der Waals surface area contributed by atoms with Gasteiger partial charge in [-0.1, -0.05) is 154 Å². The van der Waals surface area contributed by atoms with Crippen LogP contribution in [0.15, 0.2) is 48.5 Å². The maximum Gasteiger partial charge on any atom is 0.357 e. The minimum atomic E-state index is -0.0573. The summed E-state index contributed by atoms with van der Waals surface area (Å²) in [6.45, 7) is 4.60. The van der Waals surface area contributed by atoms with Crippen LogP contribution in [0.4, 0.5) is 0 Å². The lowest BCUT2D eigenvalue weighted by Gasteiger charge is -2.03. The molecule has 0 atom stereocenters. The third kappa shape index (κ3) is 17.4. The molecular formula is C36H58I+. The van der Waals surface area contributed by atoms with Crippen LogP contribution in [0.2, 0.25) is 0 Å². The summed E-state index contributed by atoms with van der Waals surface area (Å²) in [5, 5.41) is 0. The molecule has 0 radical (unpaired) electrons. The van der Waals surface area contributed by atoms with Gasteiger partial charge in [-0.3, -0.25) is 0 Å². The predicted molar refractivity (Wildman–Crippen MR) is 161 cm³/mol.